The zero-order valence-electron chi connectivity index (χ0n) is 23.8. The number of anilines is 3. The van der Waals surface area contributed by atoms with Gasteiger partial charge >= 0.3 is 0 Å². The lowest BCUT2D eigenvalue weighted by Crippen LogP contribution is -2.16. The molecule has 0 heterocycles. The third kappa shape index (κ3) is 4.44. The average molecular weight is 528 g/mol. The van der Waals surface area contributed by atoms with Crippen LogP contribution >= 0.6 is 0 Å². The molecule has 0 saturated carbocycles. The molecule has 1 aliphatic rings. The summed E-state index contributed by atoms with van der Waals surface area (Å²) in [7, 11) is 0. The fourth-order valence-electron chi connectivity index (χ4n) is 6.36. The second-order valence-electron chi connectivity index (χ2n) is 11.6. The van der Waals surface area contributed by atoms with Crippen LogP contribution < -0.4 is 4.90 Å². The Bertz CT molecular complexity index is 1860. The van der Waals surface area contributed by atoms with Gasteiger partial charge in [-0.05, 0) is 87.8 Å². The number of benzene rings is 6. The highest BCUT2D eigenvalue weighted by Crippen LogP contribution is 2.50. The third-order valence-corrected chi connectivity index (χ3v) is 8.51. The van der Waals surface area contributed by atoms with Crippen LogP contribution in [0.5, 0.6) is 0 Å². The maximum Gasteiger partial charge on any atom is 0.0467 e. The zero-order valence-corrected chi connectivity index (χ0v) is 23.8. The van der Waals surface area contributed by atoms with Crippen molar-refractivity contribution < 1.29 is 0 Å². The average Bonchev–Trinajstić information content (AvgIpc) is 3.24. The molecule has 0 atom stereocenters. The summed E-state index contributed by atoms with van der Waals surface area (Å²) in [6.07, 6.45) is 0. The van der Waals surface area contributed by atoms with E-state index in [9.17, 15) is 0 Å². The molecular formula is C40H33N. The van der Waals surface area contributed by atoms with E-state index in [0.717, 1.165) is 11.4 Å². The van der Waals surface area contributed by atoms with E-state index in [1.54, 1.807) is 0 Å². The number of fused-ring (bicyclic) bond motifs is 3. The normalized spacial score (nSPS) is 13.0. The molecule has 0 N–H and O–H groups in total. The number of rotatable bonds is 5. The van der Waals surface area contributed by atoms with Gasteiger partial charge in [-0.3, -0.25) is 0 Å². The van der Waals surface area contributed by atoms with Crippen LogP contribution in [0.15, 0.2) is 146 Å². The third-order valence-electron chi connectivity index (χ3n) is 8.51. The van der Waals surface area contributed by atoms with Crippen LogP contribution in [0.25, 0.3) is 33.4 Å². The SMILES string of the molecule is Cc1cccc(-c2cccc(N(c3ccc(-c4ccccc4)cc3)c3ccc4c(c3)C(C)(C)c3ccccc3-4)c2)c1. The molecule has 0 radical (unpaired) electrons. The van der Waals surface area contributed by atoms with Crippen molar-refractivity contribution in [1.29, 1.82) is 0 Å². The highest BCUT2D eigenvalue weighted by molar-refractivity contribution is 5.86. The number of nitrogens with zero attached hydrogens (tertiary/aromatic N) is 1. The molecule has 198 valence electrons. The Hall–Kier alpha value is -4.88. The smallest absolute Gasteiger partial charge is 0.0467 e. The van der Waals surface area contributed by atoms with E-state index in [1.165, 1.54) is 55.8 Å². The highest BCUT2D eigenvalue weighted by Gasteiger charge is 2.35. The highest BCUT2D eigenvalue weighted by atomic mass is 15.1. The molecule has 1 aliphatic carbocycles. The van der Waals surface area contributed by atoms with Crippen molar-refractivity contribution in [3.8, 4) is 33.4 Å². The molecule has 0 aromatic heterocycles. The summed E-state index contributed by atoms with van der Waals surface area (Å²) in [5, 5.41) is 0. The van der Waals surface area contributed by atoms with Crippen LogP contribution in [0, 0.1) is 6.92 Å². The van der Waals surface area contributed by atoms with Gasteiger partial charge in [-0.25, -0.2) is 0 Å². The predicted molar refractivity (Wildman–Crippen MR) is 174 cm³/mol. The first kappa shape index (κ1) is 25.1. The molecule has 7 rings (SSSR count). The first-order valence-corrected chi connectivity index (χ1v) is 14.4. The van der Waals surface area contributed by atoms with E-state index in [-0.39, 0.29) is 5.41 Å². The molecule has 41 heavy (non-hydrogen) atoms. The Morgan fingerprint density at radius 1 is 0.415 bits per heavy atom. The van der Waals surface area contributed by atoms with Gasteiger partial charge in [-0.15, -0.1) is 0 Å². The summed E-state index contributed by atoms with van der Waals surface area (Å²) < 4.78 is 0. The number of aryl methyl sites for hydroxylation is 1. The molecule has 6 aromatic carbocycles. The molecule has 0 fully saturated rings. The first-order chi connectivity index (χ1) is 20.0. The summed E-state index contributed by atoms with van der Waals surface area (Å²) >= 11 is 0. The lowest BCUT2D eigenvalue weighted by molar-refractivity contribution is 0.660. The van der Waals surface area contributed by atoms with Gasteiger partial charge in [-0.2, -0.15) is 0 Å². The number of hydrogen-bond acceptors (Lipinski definition) is 1. The predicted octanol–water partition coefficient (Wildman–Crippen LogP) is 11.1. The van der Waals surface area contributed by atoms with E-state index in [4.69, 9.17) is 0 Å². The quantitative estimate of drug-likeness (QED) is 0.215. The van der Waals surface area contributed by atoms with E-state index in [0.29, 0.717) is 0 Å². The van der Waals surface area contributed by atoms with Crippen LogP contribution in [0.2, 0.25) is 0 Å². The van der Waals surface area contributed by atoms with Crippen molar-refractivity contribution >= 4 is 17.1 Å². The second-order valence-corrected chi connectivity index (χ2v) is 11.6. The van der Waals surface area contributed by atoms with Gasteiger partial charge in [0.15, 0.2) is 0 Å². The zero-order chi connectivity index (χ0) is 28.0. The summed E-state index contributed by atoms with van der Waals surface area (Å²) in [4.78, 5) is 2.40. The Kier molecular flexibility index (Phi) is 6.09. The van der Waals surface area contributed by atoms with Crippen LogP contribution in [0.1, 0.15) is 30.5 Å². The Morgan fingerprint density at radius 3 is 1.78 bits per heavy atom. The molecule has 0 spiro atoms. The molecule has 6 aromatic rings. The van der Waals surface area contributed by atoms with Crippen LogP contribution in [-0.4, -0.2) is 0 Å². The van der Waals surface area contributed by atoms with Gasteiger partial charge in [0, 0.05) is 22.5 Å². The van der Waals surface area contributed by atoms with Gasteiger partial charge < -0.3 is 4.90 Å². The van der Waals surface area contributed by atoms with E-state index in [2.05, 4.69) is 171 Å². The first-order valence-electron chi connectivity index (χ1n) is 14.4. The van der Waals surface area contributed by atoms with Crippen molar-refractivity contribution in [2.75, 3.05) is 4.90 Å². The summed E-state index contributed by atoms with van der Waals surface area (Å²) in [5.74, 6) is 0. The fourth-order valence-corrected chi connectivity index (χ4v) is 6.36. The molecule has 0 saturated heterocycles. The number of hydrogen-bond donors (Lipinski definition) is 0. The van der Waals surface area contributed by atoms with Crippen LogP contribution in [0.3, 0.4) is 0 Å². The minimum atomic E-state index is -0.0613. The maximum absolute atomic E-state index is 2.40. The van der Waals surface area contributed by atoms with Crippen molar-refractivity contribution in [2.45, 2.75) is 26.2 Å². The molecule has 0 aliphatic heterocycles. The summed E-state index contributed by atoms with van der Waals surface area (Å²) in [6, 6.07) is 53.0. The monoisotopic (exact) mass is 527 g/mol. The fraction of sp³-hybridized carbons (Fsp3) is 0.100. The molecule has 1 heteroatoms. The van der Waals surface area contributed by atoms with Gasteiger partial charge in [0.2, 0.25) is 0 Å². The second kappa shape index (κ2) is 9.94. The van der Waals surface area contributed by atoms with Crippen molar-refractivity contribution in [2.24, 2.45) is 0 Å². The van der Waals surface area contributed by atoms with Crippen molar-refractivity contribution in [3.05, 3.63) is 162 Å². The lowest BCUT2D eigenvalue weighted by Gasteiger charge is -2.28. The minimum absolute atomic E-state index is 0.0613. The van der Waals surface area contributed by atoms with Gasteiger partial charge in [0.1, 0.15) is 0 Å². The molecule has 1 nitrogen and oxygen atoms in total. The molecular weight excluding hydrogens is 494 g/mol. The Morgan fingerprint density at radius 2 is 1.00 bits per heavy atom. The minimum Gasteiger partial charge on any atom is -0.310 e. The maximum atomic E-state index is 2.40. The van der Waals surface area contributed by atoms with Crippen LogP contribution in [-0.2, 0) is 5.41 Å². The summed E-state index contributed by atoms with van der Waals surface area (Å²) in [5.41, 5.74) is 15.0. The molecule has 0 bridgehead atoms. The largest absolute Gasteiger partial charge is 0.310 e. The van der Waals surface area contributed by atoms with E-state index in [1.807, 2.05) is 0 Å². The topological polar surface area (TPSA) is 3.24 Å². The van der Waals surface area contributed by atoms with Gasteiger partial charge in [0.05, 0.1) is 0 Å². The van der Waals surface area contributed by atoms with E-state index >= 15 is 0 Å². The summed E-state index contributed by atoms with van der Waals surface area (Å²) in [6.45, 7) is 6.84. The van der Waals surface area contributed by atoms with Crippen molar-refractivity contribution in [1.82, 2.24) is 0 Å². The van der Waals surface area contributed by atoms with Gasteiger partial charge in [-0.1, -0.05) is 129 Å². The molecule has 0 unspecified atom stereocenters. The lowest BCUT2D eigenvalue weighted by atomic mass is 9.82. The van der Waals surface area contributed by atoms with Crippen LogP contribution in [0.4, 0.5) is 17.1 Å². The van der Waals surface area contributed by atoms with E-state index < -0.39 is 0 Å². The molecule has 0 amide bonds. The Labute approximate surface area is 243 Å². The van der Waals surface area contributed by atoms with Crippen molar-refractivity contribution in [3.63, 3.8) is 0 Å². The van der Waals surface area contributed by atoms with Gasteiger partial charge in [0.25, 0.3) is 0 Å². The Balaban J connectivity index is 1.37. The standard InChI is InChI=1S/C40H33N/c1-28-11-9-14-31(25-28)32-15-10-16-34(26-32)41(33-21-19-30(20-22-33)29-12-5-4-6-13-29)35-23-24-37-36-17-7-8-18-38(36)40(2,3)39(37)27-35/h4-27H,1-3H3.